The Labute approximate surface area is 223 Å². The summed E-state index contributed by atoms with van der Waals surface area (Å²) in [6, 6.07) is 17.4. The first kappa shape index (κ1) is 24.6. The Hall–Kier alpha value is -3.74. The molecule has 196 valence electrons. The maximum absolute atomic E-state index is 15.3. The highest BCUT2D eigenvalue weighted by molar-refractivity contribution is 5.93. The summed E-state index contributed by atoms with van der Waals surface area (Å²) in [5.74, 6) is -0.360. The number of carbonyl (C=O) groups is 1. The van der Waals surface area contributed by atoms with Gasteiger partial charge in [0, 0.05) is 42.6 Å². The average Bonchev–Trinajstić information content (AvgIpc) is 3.62. The molecule has 0 saturated carbocycles. The second-order valence-electron chi connectivity index (χ2n) is 10.5. The van der Waals surface area contributed by atoms with Crippen molar-refractivity contribution in [2.24, 2.45) is 0 Å². The van der Waals surface area contributed by atoms with Crippen molar-refractivity contribution < 1.29 is 9.18 Å². The molecule has 0 N–H and O–H groups in total. The van der Waals surface area contributed by atoms with Crippen LogP contribution in [0.4, 0.5) is 10.1 Å². The van der Waals surface area contributed by atoms with Crippen molar-refractivity contribution in [1.82, 2.24) is 19.5 Å². The number of hydrogen-bond acceptors (Lipinski definition) is 4. The minimum Gasteiger partial charge on any atom is -0.371 e. The van der Waals surface area contributed by atoms with Crippen LogP contribution in [0.1, 0.15) is 72.9 Å². The molecule has 38 heavy (non-hydrogen) atoms. The lowest BCUT2D eigenvalue weighted by atomic mass is 9.93. The molecule has 0 radical (unpaired) electrons. The van der Waals surface area contributed by atoms with Crippen LogP contribution in [0.5, 0.6) is 0 Å². The van der Waals surface area contributed by atoms with Gasteiger partial charge in [0.15, 0.2) is 5.65 Å². The molecule has 7 heteroatoms. The number of nitrogens with zero attached hydrogens (tertiary/aromatic N) is 5. The Balaban J connectivity index is 1.36. The van der Waals surface area contributed by atoms with Gasteiger partial charge in [0.05, 0.1) is 11.7 Å². The summed E-state index contributed by atoms with van der Waals surface area (Å²) < 4.78 is 17.1. The van der Waals surface area contributed by atoms with E-state index in [1.54, 1.807) is 16.6 Å². The third kappa shape index (κ3) is 4.44. The maximum atomic E-state index is 15.3. The largest absolute Gasteiger partial charge is 0.371 e. The number of unbranched alkanes of at least 4 members (excludes halogenated alkanes) is 1. The first-order chi connectivity index (χ1) is 18.5. The van der Waals surface area contributed by atoms with E-state index in [9.17, 15) is 4.79 Å². The quantitative estimate of drug-likeness (QED) is 0.308. The predicted molar refractivity (Wildman–Crippen MR) is 148 cm³/mol. The monoisotopic (exact) mass is 511 g/mol. The van der Waals surface area contributed by atoms with Crippen molar-refractivity contribution >= 4 is 17.2 Å². The molecular formula is C31H34FN5O. The molecule has 1 amide bonds. The van der Waals surface area contributed by atoms with Crippen LogP contribution in [0, 0.1) is 5.82 Å². The summed E-state index contributed by atoms with van der Waals surface area (Å²) in [5.41, 5.74) is 6.31. The zero-order valence-electron chi connectivity index (χ0n) is 22.2. The summed E-state index contributed by atoms with van der Waals surface area (Å²) in [4.78, 5) is 22.6. The highest BCUT2D eigenvalue weighted by Gasteiger charge is 2.29. The lowest BCUT2D eigenvalue weighted by molar-refractivity contribution is 0.0671. The third-order valence-corrected chi connectivity index (χ3v) is 8.06. The molecule has 2 aliphatic heterocycles. The van der Waals surface area contributed by atoms with Crippen LogP contribution in [0.25, 0.3) is 16.9 Å². The van der Waals surface area contributed by atoms with E-state index in [0.29, 0.717) is 29.1 Å². The number of fused-ring (bicyclic) bond motifs is 2. The van der Waals surface area contributed by atoms with Crippen molar-refractivity contribution in [3.05, 3.63) is 82.9 Å². The van der Waals surface area contributed by atoms with E-state index in [1.165, 1.54) is 11.1 Å². The summed E-state index contributed by atoms with van der Waals surface area (Å²) in [6.45, 7) is 6.82. The van der Waals surface area contributed by atoms with E-state index < -0.39 is 0 Å². The predicted octanol–water partition coefficient (Wildman–Crippen LogP) is 6.24. The van der Waals surface area contributed by atoms with Gasteiger partial charge in [-0.15, -0.1) is 0 Å². The molecule has 0 bridgehead atoms. The van der Waals surface area contributed by atoms with E-state index in [0.717, 1.165) is 63.0 Å². The molecule has 4 heterocycles. The summed E-state index contributed by atoms with van der Waals surface area (Å²) in [5, 5.41) is 4.76. The van der Waals surface area contributed by atoms with Gasteiger partial charge in [0.1, 0.15) is 11.5 Å². The van der Waals surface area contributed by atoms with Gasteiger partial charge in [0.25, 0.3) is 5.91 Å². The Bertz CT molecular complexity index is 1490. The van der Waals surface area contributed by atoms with Crippen molar-refractivity contribution in [3.8, 4) is 11.3 Å². The smallest absolute Gasteiger partial charge is 0.273 e. The van der Waals surface area contributed by atoms with Gasteiger partial charge in [-0.25, -0.2) is 13.9 Å². The molecule has 1 atom stereocenters. The molecule has 2 aromatic carbocycles. The first-order valence-electron chi connectivity index (χ1n) is 13.9. The van der Waals surface area contributed by atoms with Crippen LogP contribution in [0.3, 0.4) is 0 Å². The van der Waals surface area contributed by atoms with Gasteiger partial charge in [-0.05, 0) is 74.4 Å². The molecule has 6 rings (SSSR count). The third-order valence-electron chi connectivity index (χ3n) is 8.06. The molecule has 0 aliphatic carbocycles. The van der Waals surface area contributed by atoms with Crippen molar-refractivity contribution in [1.29, 1.82) is 0 Å². The van der Waals surface area contributed by atoms with Crippen LogP contribution in [0.2, 0.25) is 0 Å². The fraction of sp³-hybridized carbons (Fsp3) is 0.387. The molecule has 6 nitrogen and oxygen atoms in total. The molecule has 4 aromatic rings. The van der Waals surface area contributed by atoms with Crippen LogP contribution < -0.4 is 4.90 Å². The number of aryl methyl sites for hydroxylation is 1. The Morgan fingerprint density at radius 3 is 2.66 bits per heavy atom. The van der Waals surface area contributed by atoms with E-state index in [2.05, 4.69) is 36.9 Å². The summed E-state index contributed by atoms with van der Waals surface area (Å²) in [6.07, 6.45) is 5.88. The Morgan fingerprint density at radius 1 is 1.05 bits per heavy atom. The van der Waals surface area contributed by atoms with Gasteiger partial charge in [0.2, 0.25) is 0 Å². The molecule has 2 aliphatic rings. The SMILES string of the molecule is CCCCc1cc(C(=O)N2CCc3ccccc3[C@H]2C)nc2cc(-c3ccc(N4CCCC4)cc3F)nn12. The summed E-state index contributed by atoms with van der Waals surface area (Å²) in [7, 11) is 0. The highest BCUT2D eigenvalue weighted by atomic mass is 19.1. The number of hydrogen-bond donors (Lipinski definition) is 0. The molecule has 2 aromatic heterocycles. The first-order valence-corrected chi connectivity index (χ1v) is 13.9. The summed E-state index contributed by atoms with van der Waals surface area (Å²) >= 11 is 0. The number of halogens is 1. The number of benzene rings is 2. The highest BCUT2D eigenvalue weighted by Crippen LogP contribution is 2.32. The molecular weight excluding hydrogens is 477 g/mol. The Morgan fingerprint density at radius 2 is 1.87 bits per heavy atom. The van der Waals surface area contributed by atoms with Gasteiger partial charge in [-0.1, -0.05) is 37.6 Å². The van der Waals surface area contributed by atoms with E-state index in [1.807, 2.05) is 29.2 Å². The van der Waals surface area contributed by atoms with E-state index >= 15 is 4.39 Å². The fourth-order valence-corrected chi connectivity index (χ4v) is 5.89. The van der Waals surface area contributed by atoms with Crippen LogP contribution >= 0.6 is 0 Å². The fourth-order valence-electron chi connectivity index (χ4n) is 5.89. The number of carbonyl (C=O) groups excluding carboxylic acids is 1. The number of anilines is 1. The van der Waals surface area contributed by atoms with Gasteiger partial charge in [-0.2, -0.15) is 5.10 Å². The average molecular weight is 512 g/mol. The molecule has 0 unspecified atom stereocenters. The normalized spacial score (nSPS) is 17.3. The van der Waals surface area contributed by atoms with E-state index in [-0.39, 0.29) is 17.8 Å². The zero-order chi connectivity index (χ0) is 26.2. The minimum atomic E-state index is -0.287. The molecule has 1 fully saturated rings. The number of aromatic nitrogens is 3. The van der Waals surface area contributed by atoms with Crippen molar-refractivity contribution in [2.45, 2.75) is 58.4 Å². The standard InChI is InChI=1S/C31H34FN5O/c1-3-4-10-24-19-29(31(38)36-17-14-22-9-5-6-11-25(22)21(36)2)33-30-20-28(34-37(24)30)26-13-12-23(18-27(26)32)35-15-7-8-16-35/h5-6,9,11-13,18-21H,3-4,7-8,10,14-17H2,1-2H3/t21-/m1/s1. The molecule has 0 spiro atoms. The van der Waals surface area contributed by atoms with Crippen LogP contribution in [-0.2, 0) is 12.8 Å². The second-order valence-corrected chi connectivity index (χ2v) is 10.5. The Kier molecular flexibility index (Phi) is 6.60. The maximum Gasteiger partial charge on any atom is 0.273 e. The van der Waals surface area contributed by atoms with Crippen LogP contribution in [0.15, 0.2) is 54.6 Å². The van der Waals surface area contributed by atoms with E-state index in [4.69, 9.17) is 10.1 Å². The van der Waals surface area contributed by atoms with Crippen molar-refractivity contribution in [2.75, 3.05) is 24.5 Å². The minimum absolute atomic E-state index is 0.0201. The lowest BCUT2D eigenvalue weighted by Crippen LogP contribution is -2.39. The number of amides is 1. The zero-order valence-corrected chi connectivity index (χ0v) is 22.2. The van der Waals surface area contributed by atoms with Gasteiger partial charge >= 0.3 is 0 Å². The number of rotatable bonds is 6. The van der Waals surface area contributed by atoms with Gasteiger partial charge in [-0.3, -0.25) is 4.79 Å². The molecule has 1 saturated heterocycles. The van der Waals surface area contributed by atoms with Crippen LogP contribution in [-0.4, -0.2) is 45.0 Å². The lowest BCUT2D eigenvalue weighted by Gasteiger charge is -2.35. The van der Waals surface area contributed by atoms with Gasteiger partial charge < -0.3 is 9.80 Å². The van der Waals surface area contributed by atoms with Crippen molar-refractivity contribution in [3.63, 3.8) is 0 Å². The topological polar surface area (TPSA) is 53.7 Å². The second kappa shape index (κ2) is 10.2.